The van der Waals surface area contributed by atoms with Gasteiger partial charge in [-0.15, -0.1) is 0 Å². The highest BCUT2D eigenvalue weighted by Crippen LogP contribution is 2.28. The molecule has 0 unspecified atom stereocenters. The van der Waals surface area contributed by atoms with Crippen LogP contribution in [-0.2, 0) is 10.0 Å². The van der Waals surface area contributed by atoms with Gasteiger partial charge < -0.3 is 0 Å². The van der Waals surface area contributed by atoms with Crippen molar-refractivity contribution in [2.24, 2.45) is 0 Å². The van der Waals surface area contributed by atoms with Crippen LogP contribution in [0, 0.1) is 5.82 Å². The van der Waals surface area contributed by atoms with E-state index in [1.165, 1.54) is 30.3 Å². The lowest BCUT2D eigenvalue weighted by Gasteiger charge is -2.10. The summed E-state index contributed by atoms with van der Waals surface area (Å²) in [6, 6.07) is 7.83. The molecule has 2 aromatic rings. The molecule has 0 aliphatic heterocycles. The van der Waals surface area contributed by atoms with Crippen molar-refractivity contribution < 1.29 is 12.8 Å². The summed E-state index contributed by atoms with van der Waals surface area (Å²) in [6.07, 6.45) is 0. The molecule has 0 radical (unpaired) electrons. The molecule has 0 saturated carbocycles. The molecule has 1 N–H and O–H groups in total. The van der Waals surface area contributed by atoms with Crippen LogP contribution in [0.2, 0.25) is 10.0 Å². The van der Waals surface area contributed by atoms with Crippen molar-refractivity contribution in [3.63, 3.8) is 0 Å². The van der Waals surface area contributed by atoms with E-state index in [-0.39, 0.29) is 20.1 Å². The highest BCUT2D eigenvalue weighted by molar-refractivity contribution is 9.10. The molecule has 0 fully saturated rings. The summed E-state index contributed by atoms with van der Waals surface area (Å²) >= 11 is 14.6. The molecule has 2 aromatic carbocycles. The molecule has 106 valence electrons. The Kier molecular flexibility index (Phi) is 4.59. The minimum absolute atomic E-state index is 0.152. The van der Waals surface area contributed by atoms with E-state index in [2.05, 4.69) is 20.7 Å². The summed E-state index contributed by atoms with van der Waals surface area (Å²) in [4.78, 5) is -0.204. The molecular weight excluding hydrogens is 392 g/mol. The third kappa shape index (κ3) is 3.44. The molecule has 8 heteroatoms. The Bertz CT molecular complexity index is 768. The number of halogens is 4. The van der Waals surface area contributed by atoms with Gasteiger partial charge in [0.2, 0.25) is 0 Å². The second-order valence-electron chi connectivity index (χ2n) is 3.81. The molecule has 0 aromatic heterocycles. The molecule has 0 heterocycles. The van der Waals surface area contributed by atoms with Gasteiger partial charge in [0.1, 0.15) is 5.82 Å². The largest absolute Gasteiger partial charge is 0.278 e. The summed E-state index contributed by atoms with van der Waals surface area (Å²) in [5, 5.41) is 0.534. The first kappa shape index (κ1) is 15.6. The van der Waals surface area contributed by atoms with Crippen molar-refractivity contribution in [1.29, 1.82) is 0 Å². The first-order valence-corrected chi connectivity index (χ1v) is 8.26. The van der Waals surface area contributed by atoms with Gasteiger partial charge in [0, 0.05) is 5.02 Å². The van der Waals surface area contributed by atoms with Crippen LogP contribution in [0.1, 0.15) is 0 Å². The van der Waals surface area contributed by atoms with Crippen LogP contribution >= 0.6 is 39.1 Å². The van der Waals surface area contributed by atoms with E-state index in [4.69, 9.17) is 23.2 Å². The van der Waals surface area contributed by atoms with Crippen LogP contribution < -0.4 is 4.72 Å². The van der Waals surface area contributed by atoms with Gasteiger partial charge >= 0.3 is 0 Å². The Morgan fingerprint density at radius 3 is 2.40 bits per heavy atom. The Labute approximate surface area is 133 Å². The van der Waals surface area contributed by atoms with Gasteiger partial charge in [0.05, 0.1) is 20.1 Å². The number of benzene rings is 2. The number of anilines is 1. The minimum Gasteiger partial charge on any atom is -0.278 e. The number of hydrogen-bond donors (Lipinski definition) is 1. The van der Waals surface area contributed by atoms with Gasteiger partial charge in [-0.05, 0) is 52.3 Å². The van der Waals surface area contributed by atoms with Crippen molar-refractivity contribution in [3.05, 3.63) is 56.7 Å². The van der Waals surface area contributed by atoms with E-state index in [0.29, 0.717) is 5.02 Å². The van der Waals surface area contributed by atoms with Gasteiger partial charge in [-0.25, -0.2) is 12.8 Å². The van der Waals surface area contributed by atoms with Gasteiger partial charge in [0.15, 0.2) is 0 Å². The van der Waals surface area contributed by atoms with E-state index in [1.54, 1.807) is 0 Å². The fraction of sp³-hybridized carbons (Fsp3) is 0. The summed E-state index contributed by atoms with van der Waals surface area (Å²) < 4.78 is 40.1. The van der Waals surface area contributed by atoms with Crippen molar-refractivity contribution in [1.82, 2.24) is 0 Å². The molecule has 0 bridgehead atoms. The van der Waals surface area contributed by atoms with Gasteiger partial charge in [-0.3, -0.25) is 4.72 Å². The summed E-state index contributed by atoms with van der Waals surface area (Å²) in [7, 11) is -3.93. The lowest BCUT2D eigenvalue weighted by molar-refractivity contribution is 0.593. The third-order valence-corrected chi connectivity index (χ3v) is 4.93. The molecule has 0 spiro atoms. The van der Waals surface area contributed by atoms with Crippen molar-refractivity contribution in [3.8, 4) is 0 Å². The molecule has 2 rings (SSSR count). The number of hydrogen-bond acceptors (Lipinski definition) is 2. The highest BCUT2D eigenvalue weighted by atomic mass is 79.9. The van der Waals surface area contributed by atoms with E-state index in [0.717, 1.165) is 6.07 Å². The zero-order valence-electron chi connectivity index (χ0n) is 9.70. The van der Waals surface area contributed by atoms with Crippen molar-refractivity contribution in [2.75, 3.05) is 4.72 Å². The van der Waals surface area contributed by atoms with E-state index in [9.17, 15) is 12.8 Å². The Morgan fingerprint density at radius 2 is 1.80 bits per heavy atom. The van der Waals surface area contributed by atoms with Gasteiger partial charge in [0.25, 0.3) is 10.0 Å². The number of nitrogens with one attached hydrogen (secondary N) is 1. The SMILES string of the molecule is O=S(=O)(Nc1ccc(Cl)cc1Cl)c1ccc(Br)c(F)c1. The molecular formula is C12H7BrCl2FNO2S. The standard InChI is InChI=1S/C12H7BrCl2FNO2S/c13-9-3-2-8(6-11(9)16)20(18,19)17-12-4-1-7(14)5-10(12)15/h1-6,17H. The number of sulfonamides is 1. The van der Waals surface area contributed by atoms with Crippen molar-refractivity contribution >= 4 is 54.8 Å². The maximum absolute atomic E-state index is 13.4. The normalized spacial score (nSPS) is 11.4. The fourth-order valence-electron chi connectivity index (χ4n) is 1.42. The molecule has 3 nitrogen and oxygen atoms in total. The molecule has 0 saturated heterocycles. The summed E-state index contributed by atoms with van der Waals surface area (Å²) in [6.45, 7) is 0. The summed E-state index contributed by atoms with van der Waals surface area (Å²) in [5.41, 5.74) is 0.166. The lowest BCUT2D eigenvalue weighted by atomic mass is 10.3. The predicted octanol–water partition coefficient (Wildman–Crippen LogP) is 4.70. The third-order valence-electron chi connectivity index (χ3n) is 2.38. The molecule has 0 aliphatic rings. The Balaban J connectivity index is 2.38. The minimum atomic E-state index is -3.93. The van der Waals surface area contributed by atoms with E-state index in [1.807, 2.05) is 0 Å². The lowest BCUT2D eigenvalue weighted by Crippen LogP contribution is -2.13. The molecule has 20 heavy (non-hydrogen) atoms. The van der Waals surface area contributed by atoms with Crippen LogP contribution in [0.5, 0.6) is 0 Å². The highest BCUT2D eigenvalue weighted by Gasteiger charge is 2.17. The summed E-state index contributed by atoms with van der Waals surface area (Å²) in [5.74, 6) is -0.671. The zero-order chi connectivity index (χ0) is 14.9. The quantitative estimate of drug-likeness (QED) is 0.814. The van der Waals surface area contributed by atoms with Crippen LogP contribution in [0.25, 0.3) is 0 Å². The van der Waals surface area contributed by atoms with Gasteiger partial charge in [-0.1, -0.05) is 23.2 Å². The maximum Gasteiger partial charge on any atom is 0.262 e. The second-order valence-corrected chi connectivity index (χ2v) is 7.19. The maximum atomic E-state index is 13.4. The van der Waals surface area contributed by atoms with Crippen molar-refractivity contribution in [2.45, 2.75) is 4.90 Å². The Hall–Kier alpha value is -0.820. The van der Waals surface area contributed by atoms with Crippen LogP contribution in [0.15, 0.2) is 45.8 Å². The van der Waals surface area contributed by atoms with Crippen LogP contribution in [0.4, 0.5) is 10.1 Å². The van der Waals surface area contributed by atoms with Crippen LogP contribution in [0.3, 0.4) is 0 Å². The average molecular weight is 399 g/mol. The first-order chi connectivity index (χ1) is 9.29. The van der Waals surface area contributed by atoms with E-state index < -0.39 is 15.8 Å². The predicted molar refractivity (Wildman–Crippen MR) is 81.4 cm³/mol. The van der Waals surface area contributed by atoms with Gasteiger partial charge in [-0.2, -0.15) is 0 Å². The zero-order valence-corrected chi connectivity index (χ0v) is 13.6. The fourth-order valence-corrected chi connectivity index (χ4v) is 3.27. The van der Waals surface area contributed by atoms with Crippen LogP contribution in [-0.4, -0.2) is 8.42 Å². The monoisotopic (exact) mass is 397 g/mol. The molecule has 0 atom stereocenters. The Morgan fingerprint density at radius 1 is 1.10 bits per heavy atom. The number of rotatable bonds is 3. The van der Waals surface area contributed by atoms with E-state index >= 15 is 0 Å². The first-order valence-electron chi connectivity index (χ1n) is 5.22. The molecule has 0 aliphatic carbocycles. The average Bonchev–Trinajstić information content (AvgIpc) is 2.36. The molecule has 0 amide bonds. The topological polar surface area (TPSA) is 46.2 Å². The second kappa shape index (κ2) is 5.89. The smallest absolute Gasteiger partial charge is 0.262 e.